The standard InChI is InChI=1S/C10H17ClF2N4/c1-14-8(10(12)13)9-7(11)6-15-17(9)5-4-16(2)3/h6,8,10,14H,4-5H2,1-3H3. The predicted molar refractivity (Wildman–Crippen MR) is 63.6 cm³/mol. The van der Waals surface area contributed by atoms with Crippen LogP contribution in [0, 0.1) is 0 Å². The van der Waals surface area contributed by atoms with E-state index in [1.54, 1.807) is 0 Å². The van der Waals surface area contributed by atoms with E-state index in [2.05, 4.69) is 10.4 Å². The average Bonchev–Trinajstić information content (AvgIpc) is 2.59. The number of hydrogen-bond donors (Lipinski definition) is 1. The molecular weight excluding hydrogens is 250 g/mol. The number of likely N-dealkylation sites (N-methyl/N-ethyl adjacent to an activating group) is 1. The largest absolute Gasteiger partial charge is 0.308 e. The Morgan fingerprint density at radius 3 is 2.65 bits per heavy atom. The molecule has 0 fully saturated rings. The van der Waals surface area contributed by atoms with Gasteiger partial charge in [0.15, 0.2) is 0 Å². The Labute approximate surface area is 105 Å². The van der Waals surface area contributed by atoms with Gasteiger partial charge in [-0.25, -0.2) is 8.78 Å². The Kier molecular flexibility index (Phi) is 5.30. The molecule has 0 aliphatic heterocycles. The van der Waals surface area contributed by atoms with Gasteiger partial charge in [-0.15, -0.1) is 0 Å². The zero-order chi connectivity index (χ0) is 13.0. The number of nitrogens with zero attached hydrogens (tertiary/aromatic N) is 3. The summed E-state index contributed by atoms with van der Waals surface area (Å²) in [5, 5.41) is 6.85. The Morgan fingerprint density at radius 2 is 2.18 bits per heavy atom. The van der Waals surface area contributed by atoms with Crippen molar-refractivity contribution in [2.24, 2.45) is 0 Å². The van der Waals surface area contributed by atoms with Crippen molar-refractivity contribution >= 4 is 11.6 Å². The number of rotatable bonds is 6. The van der Waals surface area contributed by atoms with E-state index in [1.165, 1.54) is 17.9 Å². The first-order valence-electron chi connectivity index (χ1n) is 5.28. The molecule has 0 amide bonds. The fourth-order valence-electron chi connectivity index (χ4n) is 1.54. The second-order valence-electron chi connectivity index (χ2n) is 4.00. The molecule has 0 aliphatic carbocycles. The summed E-state index contributed by atoms with van der Waals surface area (Å²) in [4.78, 5) is 1.95. The van der Waals surface area contributed by atoms with Gasteiger partial charge in [-0.05, 0) is 21.1 Å². The molecule has 98 valence electrons. The number of nitrogens with one attached hydrogen (secondary N) is 1. The van der Waals surface area contributed by atoms with Gasteiger partial charge >= 0.3 is 0 Å². The van der Waals surface area contributed by atoms with Crippen LogP contribution in [-0.2, 0) is 6.54 Å². The molecule has 0 radical (unpaired) electrons. The van der Waals surface area contributed by atoms with E-state index < -0.39 is 12.5 Å². The van der Waals surface area contributed by atoms with Crippen LogP contribution in [0.3, 0.4) is 0 Å². The van der Waals surface area contributed by atoms with Crippen LogP contribution >= 0.6 is 11.6 Å². The Morgan fingerprint density at radius 1 is 1.53 bits per heavy atom. The molecule has 0 aromatic carbocycles. The van der Waals surface area contributed by atoms with Gasteiger partial charge in [0.2, 0.25) is 0 Å². The number of halogens is 3. The van der Waals surface area contributed by atoms with Crippen molar-refractivity contribution in [2.45, 2.75) is 19.0 Å². The van der Waals surface area contributed by atoms with Gasteiger partial charge in [-0.2, -0.15) is 5.10 Å². The highest BCUT2D eigenvalue weighted by molar-refractivity contribution is 6.31. The van der Waals surface area contributed by atoms with E-state index in [0.717, 1.165) is 0 Å². The summed E-state index contributed by atoms with van der Waals surface area (Å²) in [5.41, 5.74) is 0.339. The quantitative estimate of drug-likeness (QED) is 0.850. The van der Waals surface area contributed by atoms with E-state index in [1.807, 2.05) is 19.0 Å². The molecule has 0 saturated carbocycles. The van der Waals surface area contributed by atoms with Gasteiger partial charge in [-0.3, -0.25) is 4.68 Å². The fourth-order valence-corrected chi connectivity index (χ4v) is 1.79. The van der Waals surface area contributed by atoms with Crippen molar-refractivity contribution in [3.63, 3.8) is 0 Å². The van der Waals surface area contributed by atoms with Crippen molar-refractivity contribution in [2.75, 3.05) is 27.7 Å². The first kappa shape index (κ1) is 14.3. The van der Waals surface area contributed by atoms with E-state index in [-0.39, 0.29) is 5.02 Å². The topological polar surface area (TPSA) is 33.1 Å². The van der Waals surface area contributed by atoms with Crippen LogP contribution in [0.4, 0.5) is 8.78 Å². The minimum Gasteiger partial charge on any atom is -0.308 e. The minimum atomic E-state index is -2.52. The van der Waals surface area contributed by atoms with E-state index >= 15 is 0 Å². The lowest BCUT2D eigenvalue weighted by atomic mass is 10.2. The summed E-state index contributed by atoms with van der Waals surface area (Å²) >= 11 is 5.91. The zero-order valence-corrected chi connectivity index (χ0v) is 10.9. The third-order valence-electron chi connectivity index (χ3n) is 2.45. The molecule has 1 N–H and O–H groups in total. The second-order valence-corrected chi connectivity index (χ2v) is 4.41. The van der Waals surface area contributed by atoms with Crippen LogP contribution in [0.25, 0.3) is 0 Å². The molecule has 1 atom stereocenters. The third-order valence-corrected chi connectivity index (χ3v) is 2.74. The van der Waals surface area contributed by atoms with Crippen molar-refractivity contribution in [1.29, 1.82) is 0 Å². The molecule has 0 spiro atoms. The van der Waals surface area contributed by atoms with Gasteiger partial charge in [0.05, 0.1) is 23.5 Å². The van der Waals surface area contributed by atoms with Crippen LogP contribution in [-0.4, -0.2) is 48.8 Å². The number of aromatic nitrogens is 2. The highest BCUT2D eigenvalue weighted by Gasteiger charge is 2.27. The maximum Gasteiger partial charge on any atom is 0.259 e. The summed E-state index contributed by atoms with van der Waals surface area (Å²) in [5.74, 6) is 0. The monoisotopic (exact) mass is 266 g/mol. The lowest BCUT2D eigenvalue weighted by molar-refractivity contribution is 0.0978. The summed E-state index contributed by atoms with van der Waals surface area (Å²) < 4.78 is 27.2. The van der Waals surface area contributed by atoms with Gasteiger partial charge in [0.25, 0.3) is 6.43 Å². The van der Waals surface area contributed by atoms with Crippen LogP contribution in [0.5, 0.6) is 0 Å². The summed E-state index contributed by atoms with van der Waals surface area (Å²) in [7, 11) is 5.30. The van der Waals surface area contributed by atoms with Crippen LogP contribution < -0.4 is 5.32 Å². The summed E-state index contributed by atoms with van der Waals surface area (Å²) in [6.45, 7) is 1.24. The van der Waals surface area contributed by atoms with E-state index in [9.17, 15) is 8.78 Å². The van der Waals surface area contributed by atoms with Crippen LogP contribution in [0.1, 0.15) is 11.7 Å². The lowest BCUT2D eigenvalue weighted by Gasteiger charge is -2.18. The van der Waals surface area contributed by atoms with Crippen LogP contribution in [0.2, 0.25) is 5.02 Å². The second kappa shape index (κ2) is 6.28. The zero-order valence-electron chi connectivity index (χ0n) is 10.1. The molecule has 4 nitrogen and oxygen atoms in total. The Bertz CT molecular complexity index is 354. The van der Waals surface area contributed by atoms with E-state index in [0.29, 0.717) is 18.8 Å². The highest BCUT2D eigenvalue weighted by Crippen LogP contribution is 2.27. The summed E-state index contributed by atoms with van der Waals surface area (Å²) in [6.07, 6.45) is -1.12. The first-order chi connectivity index (χ1) is 7.97. The molecule has 7 heteroatoms. The third kappa shape index (κ3) is 3.62. The number of alkyl halides is 2. The molecule has 1 rings (SSSR count). The maximum atomic E-state index is 12.8. The normalized spacial score (nSPS) is 13.6. The predicted octanol–water partition coefficient (Wildman–Crippen LogP) is 1.62. The molecule has 0 saturated heterocycles. The van der Waals surface area contributed by atoms with Crippen molar-refractivity contribution in [3.05, 3.63) is 16.9 Å². The summed E-state index contributed by atoms with van der Waals surface area (Å²) in [6, 6.07) is -1.09. The van der Waals surface area contributed by atoms with Gasteiger partial charge in [0, 0.05) is 6.54 Å². The van der Waals surface area contributed by atoms with Crippen molar-refractivity contribution < 1.29 is 8.78 Å². The first-order valence-corrected chi connectivity index (χ1v) is 5.66. The molecule has 1 aromatic heterocycles. The maximum absolute atomic E-state index is 12.8. The fraction of sp³-hybridized carbons (Fsp3) is 0.700. The van der Waals surface area contributed by atoms with Gasteiger partial charge in [-0.1, -0.05) is 11.6 Å². The Balaban J connectivity index is 2.92. The van der Waals surface area contributed by atoms with E-state index in [4.69, 9.17) is 11.6 Å². The van der Waals surface area contributed by atoms with Gasteiger partial charge < -0.3 is 10.2 Å². The molecular formula is C10H17ClF2N4. The van der Waals surface area contributed by atoms with Gasteiger partial charge in [0.1, 0.15) is 6.04 Å². The molecule has 17 heavy (non-hydrogen) atoms. The molecule has 1 heterocycles. The van der Waals surface area contributed by atoms with Crippen molar-refractivity contribution in [1.82, 2.24) is 20.0 Å². The molecule has 0 aliphatic rings. The smallest absolute Gasteiger partial charge is 0.259 e. The SMILES string of the molecule is CNC(c1c(Cl)cnn1CCN(C)C)C(F)F. The average molecular weight is 267 g/mol. The number of hydrogen-bond acceptors (Lipinski definition) is 3. The minimum absolute atomic E-state index is 0.267. The van der Waals surface area contributed by atoms with Crippen LogP contribution in [0.15, 0.2) is 6.20 Å². The molecule has 1 aromatic rings. The lowest BCUT2D eigenvalue weighted by Crippen LogP contribution is -2.28. The van der Waals surface area contributed by atoms with Crippen molar-refractivity contribution in [3.8, 4) is 0 Å². The molecule has 1 unspecified atom stereocenters. The molecule has 0 bridgehead atoms. The Hall–Kier alpha value is -0.720. The highest BCUT2D eigenvalue weighted by atomic mass is 35.5.